The van der Waals surface area contributed by atoms with Crippen LogP contribution in [-0.4, -0.2) is 84.2 Å². The topological polar surface area (TPSA) is 103 Å². The van der Waals surface area contributed by atoms with Crippen LogP contribution in [-0.2, 0) is 17.5 Å². The number of ether oxygens (including phenoxy) is 1. The standard InChI is InChI=1S/C35H34F4N7O4S/c1-19-15-42(16-20(2)45(19)33(49)50-34(3,4)5)30-24-14-25(35(37,38)39)27(21-9-11-22(36)12-10-21)29-28(24)44(31(47)40-30)17-23(18-51-29)46-32(48)43-13-7-6-8-26(43)41-46/h6-14,19-20H,15-18H2,1-5H3/q+1/b46-23-/t19-,20+. The molecule has 0 aliphatic carbocycles. The van der Waals surface area contributed by atoms with Crippen molar-refractivity contribution in [2.24, 2.45) is 5.10 Å². The van der Waals surface area contributed by atoms with E-state index in [1.54, 1.807) is 68.8 Å². The molecule has 51 heavy (non-hydrogen) atoms. The summed E-state index contributed by atoms with van der Waals surface area (Å²) in [4.78, 5) is 49.8. The van der Waals surface area contributed by atoms with Gasteiger partial charge in [-0.2, -0.15) is 22.9 Å². The second-order valence-electron chi connectivity index (χ2n) is 13.8. The van der Waals surface area contributed by atoms with E-state index < -0.39 is 53.1 Å². The van der Waals surface area contributed by atoms with Gasteiger partial charge in [0.15, 0.2) is 0 Å². The number of amidine groups is 1. The Morgan fingerprint density at radius 1 is 1.04 bits per heavy atom. The Bertz CT molecular complexity index is 2160. The molecule has 0 unspecified atom stereocenters. The molecule has 4 aliphatic heterocycles. The van der Waals surface area contributed by atoms with Gasteiger partial charge in [0.25, 0.3) is 5.84 Å². The van der Waals surface area contributed by atoms with Gasteiger partial charge in [0.1, 0.15) is 29.1 Å². The molecule has 4 aliphatic rings. The summed E-state index contributed by atoms with van der Waals surface area (Å²) in [5, 5.41) is 4.51. The van der Waals surface area contributed by atoms with Crippen molar-refractivity contribution in [1.29, 1.82) is 0 Å². The number of anilines is 1. The Kier molecular flexibility index (Phi) is 8.35. The average Bonchev–Trinajstić information content (AvgIpc) is 3.24. The predicted molar refractivity (Wildman–Crippen MR) is 185 cm³/mol. The SMILES string of the molecule is C[C@@H]1CN(c2nc(=O)n3c4c(c(-c5ccc(F)cc5)c(C(F)(F)F)cc24)SC/C(=[N+]2\N=C4C=CC=CN4C2=O)C3)C[C@H](C)N1C(=O)OC(C)(C)C. The number of halogens is 4. The van der Waals surface area contributed by atoms with Crippen LogP contribution < -0.4 is 10.6 Å². The van der Waals surface area contributed by atoms with E-state index in [9.17, 15) is 18.8 Å². The fourth-order valence-corrected chi connectivity index (χ4v) is 8.11. The van der Waals surface area contributed by atoms with Crippen LogP contribution in [0.15, 0.2) is 69.6 Å². The van der Waals surface area contributed by atoms with Gasteiger partial charge >= 0.3 is 24.0 Å². The molecule has 1 saturated heterocycles. The third-order valence-corrected chi connectivity index (χ3v) is 10.1. The molecule has 5 heterocycles. The highest BCUT2D eigenvalue weighted by Gasteiger charge is 2.43. The van der Waals surface area contributed by atoms with Crippen LogP contribution in [0.5, 0.6) is 0 Å². The number of thioether (sulfide) groups is 1. The van der Waals surface area contributed by atoms with Crippen LogP contribution in [0, 0.1) is 5.82 Å². The summed E-state index contributed by atoms with van der Waals surface area (Å²) in [5.41, 5.74) is -2.03. The molecule has 266 valence electrons. The lowest BCUT2D eigenvalue weighted by atomic mass is 9.96. The fourth-order valence-electron chi connectivity index (χ4n) is 6.86. The Morgan fingerprint density at radius 3 is 2.35 bits per heavy atom. The molecule has 0 spiro atoms. The minimum Gasteiger partial charge on any atom is -0.444 e. The van der Waals surface area contributed by atoms with E-state index in [0.29, 0.717) is 11.5 Å². The smallest absolute Gasteiger partial charge is 0.444 e. The molecule has 0 radical (unpaired) electrons. The highest BCUT2D eigenvalue weighted by Crippen LogP contribution is 2.48. The van der Waals surface area contributed by atoms with Crippen LogP contribution in [0.2, 0.25) is 0 Å². The highest BCUT2D eigenvalue weighted by atomic mass is 32.2. The first-order valence-electron chi connectivity index (χ1n) is 16.3. The van der Waals surface area contributed by atoms with Crippen LogP contribution >= 0.6 is 11.8 Å². The van der Waals surface area contributed by atoms with Crippen molar-refractivity contribution in [1.82, 2.24) is 19.4 Å². The number of amides is 3. The van der Waals surface area contributed by atoms with Crippen LogP contribution in [0.4, 0.5) is 33.0 Å². The molecule has 1 fully saturated rings. The zero-order chi connectivity index (χ0) is 36.6. The number of hydrazone groups is 1. The fraction of sp³-hybridized carbons (Fsp3) is 0.371. The number of nitrogens with zero attached hydrogens (tertiary/aromatic N) is 7. The van der Waals surface area contributed by atoms with Gasteiger partial charge in [-0.15, -0.1) is 16.7 Å². The van der Waals surface area contributed by atoms with Crippen molar-refractivity contribution in [3.05, 3.63) is 76.6 Å². The van der Waals surface area contributed by atoms with E-state index in [0.717, 1.165) is 30.0 Å². The third kappa shape index (κ3) is 6.19. The number of allylic oxidation sites excluding steroid dienone is 2. The average molecular weight is 725 g/mol. The van der Waals surface area contributed by atoms with Crippen molar-refractivity contribution in [3.8, 4) is 11.1 Å². The molecule has 0 N–H and O–H groups in total. The van der Waals surface area contributed by atoms with Crippen LogP contribution in [0.25, 0.3) is 22.0 Å². The van der Waals surface area contributed by atoms with Crippen LogP contribution in [0.1, 0.15) is 40.2 Å². The molecule has 2 aromatic carbocycles. The summed E-state index contributed by atoms with van der Waals surface area (Å²) in [7, 11) is 0. The minimum absolute atomic E-state index is 0.00742. The first-order valence-corrected chi connectivity index (χ1v) is 17.3. The lowest BCUT2D eigenvalue weighted by Crippen LogP contribution is -2.59. The Balaban J connectivity index is 1.44. The Morgan fingerprint density at radius 2 is 1.73 bits per heavy atom. The summed E-state index contributed by atoms with van der Waals surface area (Å²) < 4.78 is 67.5. The van der Waals surface area contributed by atoms with Gasteiger partial charge in [-0.25, -0.2) is 14.0 Å². The minimum atomic E-state index is -4.86. The van der Waals surface area contributed by atoms with Crippen LogP contribution in [0.3, 0.4) is 0 Å². The molecular weight excluding hydrogens is 690 g/mol. The molecule has 3 amide bonds. The molecule has 7 rings (SSSR count). The van der Waals surface area contributed by atoms with E-state index in [4.69, 9.17) is 4.74 Å². The number of alkyl halides is 3. The molecule has 1 aromatic heterocycles. The number of piperazine rings is 1. The number of hydrogen-bond donors (Lipinski definition) is 0. The molecule has 3 aromatic rings. The molecular formula is C35H34F4N7O4S+. The summed E-state index contributed by atoms with van der Waals surface area (Å²) in [6.45, 7) is 9.02. The third-order valence-electron chi connectivity index (χ3n) is 8.91. The van der Waals surface area contributed by atoms with Gasteiger partial charge in [0.05, 0.1) is 35.5 Å². The van der Waals surface area contributed by atoms with E-state index in [1.165, 1.54) is 26.3 Å². The summed E-state index contributed by atoms with van der Waals surface area (Å²) in [6.07, 6.45) is 1.20. The second kappa shape index (κ2) is 12.4. The van der Waals surface area contributed by atoms with E-state index in [2.05, 4.69) is 10.1 Å². The Labute approximate surface area is 294 Å². The maximum absolute atomic E-state index is 15.1. The number of aromatic nitrogens is 2. The van der Waals surface area contributed by atoms with Crippen molar-refractivity contribution in [3.63, 3.8) is 0 Å². The van der Waals surface area contributed by atoms with E-state index >= 15 is 13.2 Å². The Hall–Kier alpha value is -4.99. The zero-order valence-electron chi connectivity index (χ0n) is 28.4. The molecule has 11 nitrogen and oxygen atoms in total. The largest absolute Gasteiger partial charge is 0.530 e. The quantitative estimate of drug-likeness (QED) is 0.221. The number of hydrogen-bond acceptors (Lipinski definition) is 8. The van der Waals surface area contributed by atoms with Crippen molar-refractivity contribution >= 4 is 52.2 Å². The summed E-state index contributed by atoms with van der Waals surface area (Å²) >= 11 is 1.04. The van der Waals surface area contributed by atoms with Crippen molar-refractivity contribution < 1.29 is 36.6 Å². The summed E-state index contributed by atoms with van der Waals surface area (Å²) in [6, 6.07) is 4.31. The maximum Gasteiger partial charge on any atom is 0.530 e. The van der Waals surface area contributed by atoms with Gasteiger partial charge in [-0.1, -0.05) is 22.9 Å². The van der Waals surface area contributed by atoms with Gasteiger partial charge in [-0.3, -0.25) is 9.47 Å². The van der Waals surface area contributed by atoms with Gasteiger partial charge in [0.2, 0.25) is 0 Å². The zero-order valence-corrected chi connectivity index (χ0v) is 29.2. The lowest BCUT2D eigenvalue weighted by Gasteiger charge is -2.45. The number of fused-ring (bicyclic) bond motifs is 1. The number of rotatable bonds is 2. The summed E-state index contributed by atoms with van der Waals surface area (Å²) in [5.74, 6) is -0.216. The highest BCUT2D eigenvalue weighted by molar-refractivity contribution is 8.00. The lowest BCUT2D eigenvalue weighted by molar-refractivity contribution is -0.430. The van der Waals surface area contributed by atoms with E-state index in [-0.39, 0.29) is 58.1 Å². The van der Waals surface area contributed by atoms with Gasteiger partial charge in [-0.05, 0) is 69.6 Å². The first kappa shape index (κ1) is 34.5. The predicted octanol–water partition coefficient (Wildman–Crippen LogP) is 6.45. The van der Waals surface area contributed by atoms with E-state index in [1.807, 2.05) is 0 Å². The molecule has 0 saturated carbocycles. The molecule has 2 atom stereocenters. The number of carbonyl (C=O) groups is 2. The number of urea groups is 1. The number of carbonyl (C=O) groups excluding carboxylic acids is 2. The first-order chi connectivity index (χ1) is 24.0. The van der Waals surface area contributed by atoms with Crippen molar-refractivity contribution in [2.45, 2.75) is 69.9 Å². The molecule has 16 heteroatoms. The van der Waals surface area contributed by atoms with Gasteiger partial charge < -0.3 is 9.64 Å². The molecule has 0 bridgehead atoms. The normalized spacial score (nSPS) is 22.0. The number of benzene rings is 2. The maximum atomic E-state index is 15.1. The second-order valence-corrected chi connectivity index (χ2v) is 14.8. The van der Waals surface area contributed by atoms with Crippen molar-refractivity contribution in [2.75, 3.05) is 23.7 Å². The van der Waals surface area contributed by atoms with Gasteiger partial charge in [0, 0.05) is 35.0 Å². The monoisotopic (exact) mass is 724 g/mol.